The molecule has 1 amide bonds. The first-order valence-corrected chi connectivity index (χ1v) is 10.8. The zero-order valence-electron chi connectivity index (χ0n) is 17.6. The van der Waals surface area contributed by atoms with Gasteiger partial charge in [-0.2, -0.15) is 0 Å². The Kier molecular flexibility index (Phi) is 5.03. The molecule has 0 radical (unpaired) electrons. The highest BCUT2D eigenvalue weighted by molar-refractivity contribution is 8.18. The largest absolute Gasteiger partial charge is 0.369 e. The van der Waals surface area contributed by atoms with Crippen molar-refractivity contribution >= 4 is 40.3 Å². The molecule has 1 saturated heterocycles. The van der Waals surface area contributed by atoms with Crippen molar-refractivity contribution in [2.75, 3.05) is 11.9 Å². The number of thioether (sulfide) groups is 1. The molecule has 29 heavy (non-hydrogen) atoms. The minimum atomic E-state index is -0.0897. The molecular weight excluding hydrogens is 378 g/mol. The van der Waals surface area contributed by atoms with Gasteiger partial charge in [0.2, 0.25) is 0 Å². The molecule has 0 aromatic heterocycles. The molecule has 0 spiro atoms. The van der Waals surface area contributed by atoms with Crippen molar-refractivity contribution < 1.29 is 4.79 Å². The highest BCUT2D eigenvalue weighted by Crippen LogP contribution is 2.44. The van der Waals surface area contributed by atoms with Gasteiger partial charge in [-0.05, 0) is 91.9 Å². The highest BCUT2D eigenvalue weighted by atomic mass is 32.2. The predicted molar refractivity (Wildman–Crippen MR) is 124 cm³/mol. The summed E-state index contributed by atoms with van der Waals surface area (Å²) in [4.78, 5) is 20.1. The first-order valence-electron chi connectivity index (χ1n) is 9.97. The van der Waals surface area contributed by atoms with Crippen LogP contribution < -0.4 is 10.2 Å². The van der Waals surface area contributed by atoms with Crippen molar-refractivity contribution in [3.63, 3.8) is 0 Å². The Bertz CT molecular complexity index is 1020. The van der Waals surface area contributed by atoms with Crippen LogP contribution in [0.5, 0.6) is 0 Å². The van der Waals surface area contributed by atoms with Crippen LogP contribution in [0.1, 0.15) is 49.8 Å². The average Bonchev–Trinajstić information content (AvgIpc) is 3.00. The molecule has 5 heteroatoms. The number of aliphatic imine (C=N–C) groups is 1. The Morgan fingerprint density at radius 1 is 1.24 bits per heavy atom. The van der Waals surface area contributed by atoms with E-state index >= 15 is 0 Å². The molecule has 4 rings (SSSR count). The van der Waals surface area contributed by atoms with E-state index in [4.69, 9.17) is 0 Å². The van der Waals surface area contributed by atoms with Crippen LogP contribution in [0.2, 0.25) is 0 Å². The number of benzene rings is 2. The SMILES string of the molecule is Cc1cc2c(cc1/C=C1\SC(=Nc3ccccc3)NC1=O)C(C)CC(C)(C)N2C. The summed E-state index contributed by atoms with van der Waals surface area (Å²) >= 11 is 1.40. The summed E-state index contributed by atoms with van der Waals surface area (Å²) in [6, 6.07) is 14.2. The minimum Gasteiger partial charge on any atom is -0.369 e. The lowest BCUT2D eigenvalue weighted by Gasteiger charge is -2.45. The van der Waals surface area contributed by atoms with E-state index in [1.54, 1.807) is 0 Å². The number of carbonyl (C=O) groups is 1. The fourth-order valence-electron chi connectivity index (χ4n) is 4.13. The van der Waals surface area contributed by atoms with Crippen molar-refractivity contribution in [2.45, 2.75) is 45.6 Å². The number of amides is 1. The van der Waals surface area contributed by atoms with Crippen LogP contribution in [0, 0.1) is 6.92 Å². The second kappa shape index (κ2) is 7.38. The number of hydrogen-bond acceptors (Lipinski definition) is 4. The van der Waals surface area contributed by atoms with Gasteiger partial charge < -0.3 is 10.2 Å². The molecule has 2 heterocycles. The third-order valence-electron chi connectivity index (χ3n) is 5.95. The maximum atomic E-state index is 12.5. The number of anilines is 1. The van der Waals surface area contributed by atoms with Gasteiger partial charge in [-0.15, -0.1) is 0 Å². The third kappa shape index (κ3) is 3.84. The van der Waals surface area contributed by atoms with E-state index in [-0.39, 0.29) is 11.4 Å². The molecule has 0 bridgehead atoms. The molecular formula is C24H27N3OS. The molecule has 2 aliphatic rings. The number of para-hydroxylation sites is 1. The van der Waals surface area contributed by atoms with Gasteiger partial charge in [0.1, 0.15) is 0 Å². The lowest BCUT2D eigenvalue weighted by atomic mass is 9.79. The normalized spacial score (nSPS) is 23.4. The quantitative estimate of drug-likeness (QED) is 0.661. The van der Waals surface area contributed by atoms with Gasteiger partial charge in [-0.3, -0.25) is 4.79 Å². The van der Waals surface area contributed by atoms with Crippen molar-refractivity contribution in [3.8, 4) is 0 Å². The molecule has 1 atom stereocenters. The van der Waals surface area contributed by atoms with E-state index in [1.807, 2.05) is 36.4 Å². The predicted octanol–water partition coefficient (Wildman–Crippen LogP) is 5.61. The van der Waals surface area contributed by atoms with E-state index in [0.717, 1.165) is 17.7 Å². The Balaban J connectivity index is 1.66. The van der Waals surface area contributed by atoms with Gasteiger partial charge in [0, 0.05) is 18.3 Å². The van der Waals surface area contributed by atoms with Gasteiger partial charge in [-0.25, -0.2) is 4.99 Å². The number of fused-ring (bicyclic) bond motifs is 1. The van der Waals surface area contributed by atoms with Gasteiger partial charge >= 0.3 is 0 Å². The van der Waals surface area contributed by atoms with Crippen LogP contribution >= 0.6 is 11.8 Å². The zero-order valence-corrected chi connectivity index (χ0v) is 18.4. The van der Waals surface area contributed by atoms with Gasteiger partial charge in [-0.1, -0.05) is 25.1 Å². The van der Waals surface area contributed by atoms with Crippen LogP contribution in [-0.2, 0) is 4.79 Å². The van der Waals surface area contributed by atoms with Crippen molar-refractivity contribution in [2.24, 2.45) is 4.99 Å². The maximum Gasteiger partial charge on any atom is 0.264 e. The van der Waals surface area contributed by atoms with E-state index in [2.05, 4.69) is 62.1 Å². The maximum absolute atomic E-state index is 12.5. The van der Waals surface area contributed by atoms with Crippen molar-refractivity contribution in [3.05, 3.63) is 64.1 Å². The molecule has 2 aliphatic heterocycles. The van der Waals surface area contributed by atoms with Crippen LogP contribution in [0.25, 0.3) is 6.08 Å². The summed E-state index contributed by atoms with van der Waals surface area (Å²) in [5.74, 6) is 0.391. The molecule has 2 aromatic carbocycles. The van der Waals surface area contributed by atoms with Crippen LogP contribution in [0.4, 0.5) is 11.4 Å². The van der Waals surface area contributed by atoms with E-state index < -0.39 is 0 Å². The van der Waals surface area contributed by atoms with Crippen molar-refractivity contribution in [1.82, 2.24) is 5.32 Å². The molecule has 0 saturated carbocycles. The topological polar surface area (TPSA) is 44.7 Å². The number of aryl methyl sites for hydroxylation is 1. The van der Waals surface area contributed by atoms with Crippen LogP contribution in [0.15, 0.2) is 52.4 Å². The summed E-state index contributed by atoms with van der Waals surface area (Å²) in [6.45, 7) is 9.00. The molecule has 1 fully saturated rings. The molecule has 1 N–H and O–H groups in total. The fourth-order valence-corrected chi connectivity index (χ4v) is 4.96. The number of nitrogens with one attached hydrogen (secondary N) is 1. The number of nitrogens with zero attached hydrogens (tertiary/aromatic N) is 2. The minimum absolute atomic E-state index is 0.0897. The van der Waals surface area contributed by atoms with Gasteiger partial charge in [0.15, 0.2) is 5.17 Å². The summed E-state index contributed by atoms with van der Waals surface area (Å²) < 4.78 is 0. The fraction of sp³-hybridized carbons (Fsp3) is 0.333. The number of hydrogen-bond donors (Lipinski definition) is 1. The molecule has 4 nitrogen and oxygen atoms in total. The summed E-state index contributed by atoms with van der Waals surface area (Å²) in [6.07, 6.45) is 3.11. The Labute approximate surface area is 177 Å². The lowest BCUT2D eigenvalue weighted by molar-refractivity contribution is -0.115. The smallest absolute Gasteiger partial charge is 0.264 e. The molecule has 2 aromatic rings. The lowest BCUT2D eigenvalue weighted by Crippen LogP contribution is -2.45. The van der Waals surface area contributed by atoms with Gasteiger partial charge in [0.05, 0.1) is 10.6 Å². The number of amidine groups is 1. The summed E-state index contributed by atoms with van der Waals surface area (Å²) in [7, 11) is 2.18. The Morgan fingerprint density at radius 3 is 2.69 bits per heavy atom. The Hall–Kier alpha value is -2.53. The first kappa shape index (κ1) is 19.8. The second-order valence-electron chi connectivity index (χ2n) is 8.56. The Morgan fingerprint density at radius 2 is 1.97 bits per heavy atom. The van der Waals surface area contributed by atoms with Crippen LogP contribution in [0.3, 0.4) is 0 Å². The van der Waals surface area contributed by atoms with Crippen LogP contribution in [-0.4, -0.2) is 23.7 Å². The van der Waals surface area contributed by atoms with E-state index in [1.165, 1.54) is 28.6 Å². The highest BCUT2D eigenvalue weighted by Gasteiger charge is 2.34. The molecule has 0 aliphatic carbocycles. The average molecular weight is 406 g/mol. The zero-order chi connectivity index (χ0) is 20.8. The van der Waals surface area contributed by atoms with E-state index in [0.29, 0.717) is 16.0 Å². The van der Waals surface area contributed by atoms with E-state index in [9.17, 15) is 4.79 Å². The first-order chi connectivity index (χ1) is 13.7. The molecule has 1 unspecified atom stereocenters. The molecule has 150 valence electrons. The summed E-state index contributed by atoms with van der Waals surface area (Å²) in [5.41, 5.74) is 5.90. The van der Waals surface area contributed by atoms with Crippen molar-refractivity contribution in [1.29, 1.82) is 0 Å². The third-order valence-corrected chi connectivity index (χ3v) is 6.86. The number of rotatable bonds is 2. The van der Waals surface area contributed by atoms with Gasteiger partial charge in [0.25, 0.3) is 5.91 Å². The number of carbonyl (C=O) groups excluding carboxylic acids is 1. The standard InChI is InChI=1S/C24H27N3OS/c1-15-11-20-19(16(2)14-24(3,4)27(20)5)12-17(15)13-21-22(28)26-23(29-21)25-18-9-7-6-8-10-18/h6-13,16H,14H2,1-5H3,(H,25,26,28)/b21-13-. The monoisotopic (exact) mass is 405 g/mol. The summed E-state index contributed by atoms with van der Waals surface area (Å²) in [5, 5.41) is 3.50. The second-order valence-corrected chi connectivity index (χ2v) is 9.59.